The summed E-state index contributed by atoms with van der Waals surface area (Å²) >= 11 is 0. The summed E-state index contributed by atoms with van der Waals surface area (Å²) in [6.07, 6.45) is 1.10. The van der Waals surface area contributed by atoms with Gasteiger partial charge in [-0.15, -0.1) is 0 Å². The highest BCUT2D eigenvalue weighted by molar-refractivity contribution is 5.68. The first-order valence-corrected chi connectivity index (χ1v) is 8.74. The lowest BCUT2D eigenvalue weighted by molar-refractivity contribution is 0.00901. The molecule has 0 unspecified atom stereocenters. The van der Waals surface area contributed by atoms with Gasteiger partial charge in [0.1, 0.15) is 11.4 Å². The molecule has 0 radical (unpaired) electrons. The van der Waals surface area contributed by atoms with Crippen molar-refractivity contribution in [1.29, 1.82) is 0 Å². The first kappa shape index (κ1) is 19.5. The van der Waals surface area contributed by atoms with E-state index in [1.807, 2.05) is 45.0 Å². The highest BCUT2D eigenvalue weighted by atomic mass is 16.6. The van der Waals surface area contributed by atoms with Crippen LogP contribution in [-0.4, -0.2) is 54.0 Å². The Bertz CT molecular complexity index is 558. The molecule has 1 aliphatic heterocycles. The number of piperidine rings is 1. The molecule has 6 heteroatoms. The third kappa shape index (κ3) is 5.61. The summed E-state index contributed by atoms with van der Waals surface area (Å²) in [6, 6.07) is 7.86. The predicted molar refractivity (Wildman–Crippen MR) is 96.7 cm³/mol. The fraction of sp³-hybridized carbons (Fsp3) is 0.632. The minimum Gasteiger partial charge on any atom is -0.497 e. The van der Waals surface area contributed by atoms with Crippen LogP contribution in [0.1, 0.15) is 39.2 Å². The first-order chi connectivity index (χ1) is 11.8. The van der Waals surface area contributed by atoms with Crippen molar-refractivity contribution in [2.24, 2.45) is 0 Å². The number of aliphatic hydroxyl groups excluding tert-OH is 1. The summed E-state index contributed by atoms with van der Waals surface area (Å²) in [6.45, 7) is 7.45. The zero-order chi connectivity index (χ0) is 18.5. The van der Waals surface area contributed by atoms with Gasteiger partial charge in [-0.25, -0.2) is 4.79 Å². The van der Waals surface area contributed by atoms with Gasteiger partial charge in [-0.05, 0) is 51.3 Å². The molecule has 2 N–H and O–H groups in total. The summed E-state index contributed by atoms with van der Waals surface area (Å²) in [7, 11) is 1.65. The minimum atomic E-state index is -0.491. The Labute approximate surface area is 150 Å². The van der Waals surface area contributed by atoms with Gasteiger partial charge in [0.15, 0.2) is 0 Å². The number of nitrogens with one attached hydrogen (secondary N) is 1. The van der Waals surface area contributed by atoms with E-state index >= 15 is 0 Å². The monoisotopic (exact) mass is 350 g/mol. The molecule has 1 aliphatic rings. The van der Waals surface area contributed by atoms with E-state index in [2.05, 4.69) is 5.32 Å². The number of rotatable bonds is 5. The van der Waals surface area contributed by atoms with Gasteiger partial charge in [-0.1, -0.05) is 12.1 Å². The Hall–Kier alpha value is -1.79. The van der Waals surface area contributed by atoms with Gasteiger partial charge in [-0.2, -0.15) is 0 Å². The largest absolute Gasteiger partial charge is 0.497 e. The molecule has 6 nitrogen and oxygen atoms in total. The molecule has 25 heavy (non-hydrogen) atoms. The number of aliphatic hydroxyl groups is 1. The lowest BCUT2D eigenvalue weighted by atomic mass is 9.88. The van der Waals surface area contributed by atoms with Gasteiger partial charge in [0, 0.05) is 25.2 Å². The lowest BCUT2D eigenvalue weighted by Crippen LogP contribution is -2.56. The van der Waals surface area contributed by atoms with E-state index in [1.54, 1.807) is 12.0 Å². The van der Waals surface area contributed by atoms with Gasteiger partial charge in [0.25, 0.3) is 0 Å². The molecule has 0 saturated carbocycles. The molecule has 0 spiro atoms. The molecule has 0 bridgehead atoms. The van der Waals surface area contributed by atoms with Crippen LogP contribution in [0.3, 0.4) is 0 Å². The van der Waals surface area contributed by atoms with E-state index in [9.17, 15) is 9.90 Å². The third-order valence-corrected chi connectivity index (χ3v) is 4.50. The van der Waals surface area contributed by atoms with Crippen molar-refractivity contribution in [2.75, 3.05) is 26.8 Å². The maximum atomic E-state index is 12.2. The van der Waals surface area contributed by atoms with Crippen LogP contribution in [0.5, 0.6) is 5.75 Å². The van der Waals surface area contributed by atoms with Crippen LogP contribution >= 0.6 is 0 Å². The maximum absolute atomic E-state index is 12.2. The summed E-state index contributed by atoms with van der Waals surface area (Å²) in [5.74, 6) is 0.825. The van der Waals surface area contributed by atoms with Gasteiger partial charge in [-0.3, -0.25) is 0 Å². The van der Waals surface area contributed by atoms with Crippen molar-refractivity contribution >= 4 is 6.09 Å². The molecular formula is C19H30N2O4. The highest BCUT2D eigenvalue weighted by Gasteiger charge is 2.36. The number of hydrogen-bond donors (Lipinski definition) is 2. The van der Waals surface area contributed by atoms with Crippen molar-refractivity contribution in [3.8, 4) is 5.75 Å². The second-order valence-electron chi connectivity index (χ2n) is 7.61. The Balaban J connectivity index is 1.88. The molecular weight excluding hydrogens is 320 g/mol. The molecule has 0 atom stereocenters. The average Bonchev–Trinajstić information content (AvgIpc) is 2.59. The molecule has 2 rings (SSSR count). The molecule has 1 fully saturated rings. The Kier molecular flexibility index (Phi) is 6.30. The summed E-state index contributed by atoms with van der Waals surface area (Å²) in [5, 5.41) is 13.4. The number of benzene rings is 1. The van der Waals surface area contributed by atoms with Crippen LogP contribution in [0.15, 0.2) is 24.3 Å². The molecule has 0 aromatic heterocycles. The SMILES string of the molecule is COc1ccc(CNC2(CO)CCN(C(=O)OC(C)(C)C)CC2)cc1. The Morgan fingerprint density at radius 1 is 1.24 bits per heavy atom. The second kappa shape index (κ2) is 8.06. The van der Waals surface area contributed by atoms with Crippen molar-refractivity contribution in [3.63, 3.8) is 0 Å². The third-order valence-electron chi connectivity index (χ3n) is 4.50. The van der Waals surface area contributed by atoms with E-state index in [-0.39, 0.29) is 18.2 Å². The molecule has 1 amide bonds. The highest BCUT2D eigenvalue weighted by Crippen LogP contribution is 2.24. The van der Waals surface area contributed by atoms with E-state index in [4.69, 9.17) is 9.47 Å². The van der Waals surface area contributed by atoms with Crippen LogP contribution in [-0.2, 0) is 11.3 Å². The van der Waals surface area contributed by atoms with Crippen LogP contribution in [0.2, 0.25) is 0 Å². The lowest BCUT2D eigenvalue weighted by Gasteiger charge is -2.41. The number of methoxy groups -OCH3 is 1. The number of likely N-dealkylation sites (tertiary alicyclic amines) is 1. The fourth-order valence-electron chi connectivity index (χ4n) is 2.87. The smallest absolute Gasteiger partial charge is 0.410 e. The Morgan fingerprint density at radius 3 is 2.32 bits per heavy atom. The fourth-order valence-corrected chi connectivity index (χ4v) is 2.87. The van der Waals surface area contributed by atoms with Crippen LogP contribution in [0.25, 0.3) is 0 Å². The normalized spacial score (nSPS) is 17.2. The van der Waals surface area contributed by atoms with Crippen molar-refractivity contribution in [2.45, 2.75) is 51.3 Å². The number of hydrogen-bond acceptors (Lipinski definition) is 5. The number of nitrogens with zero attached hydrogens (tertiary/aromatic N) is 1. The van der Waals surface area contributed by atoms with E-state index < -0.39 is 5.60 Å². The molecule has 1 aromatic carbocycles. The topological polar surface area (TPSA) is 71.0 Å². The van der Waals surface area contributed by atoms with E-state index in [1.165, 1.54) is 0 Å². The Morgan fingerprint density at radius 2 is 1.84 bits per heavy atom. The number of amides is 1. The van der Waals surface area contributed by atoms with E-state index in [0.717, 1.165) is 11.3 Å². The minimum absolute atomic E-state index is 0.0469. The van der Waals surface area contributed by atoms with Crippen molar-refractivity contribution in [3.05, 3.63) is 29.8 Å². The maximum Gasteiger partial charge on any atom is 0.410 e. The summed E-state index contributed by atoms with van der Waals surface area (Å²) < 4.78 is 10.6. The van der Waals surface area contributed by atoms with Crippen LogP contribution < -0.4 is 10.1 Å². The molecule has 1 heterocycles. The summed E-state index contributed by atoms with van der Waals surface area (Å²) in [5.41, 5.74) is 0.274. The van der Waals surface area contributed by atoms with Gasteiger partial charge >= 0.3 is 6.09 Å². The second-order valence-corrected chi connectivity index (χ2v) is 7.61. The number of ether oxygens (including phenoxy) is 2. The zero-order valence-electron chi connectivity index (χ0n) is 15.7. The van der Waals surface area contributed by atoms with Crippen molar-refractivity contribution in [1.82, 2.24) is 10.2 Å². The molecule has 1 aromatic rings. The van der Waals surface area contributed by atoms with Gasteiger partial charge in [0.05, 0.1) is 13.7 Å². The van der Waals surface area contributed by atoms with Crippen LogP contribution in [0.4, 0.5) is 4.79 Å². The summed E-state index contributed by atoms with van der Waals surface area (Å²) in [4.78, 5) is 13.9. The van der Waals surface area contributed by atoms with Gasteiger partial charge in [0.2, 0.25) is 0 Å². The molecule has 1 saturated heterocycles. The van der Waals surface area contributed by atoms with Crippen LogP contribution in [0, 0.1) is 0 Å². The average molecular weight is 350 g/mol. The standard InChI is InChI=1S/C19H30N2O4/c1-18(2,3)25-17(23)21-11-9-19(14-22,10-12-21)20-13-15-5-7-16(24-4)8-6-15/h5-8,20,22H,9-14H2,1-4H3. The van der Waals surface area contributed by atoms with Crippen molar-refractivity contribution < 1.29 is 19.4 Å². The van der Waals surface area contributed by atoms with Gasteiger partial charge < -0.3 is 24.8 Å². The first-order valence-electron chi connectivity index (χ1n) is 8.74. The number of carbonyl (C=O) groups excluding carboxylic acids is 1. The molecule has 0 aliphatic carbocycles. The zero-order valence-corrected chi connectivity index (χ0v) is 15.7. The molecule has 140 valence electrons. The number of carbonyl (C=O) groups is 1. The predicted octanol–water partition coefficient (Wildman–Crippen LogP) is 2.55. The quantitative estimate of drug-likeness (QED) is 0.854. The van der Waals surface area contributed by atoms with E-state index in [0.29, 0.717) is 32.5 Å².